The van der Waals surface area contributed by atoms with Crippen LogP contribution in [-0.4, -0.2) is 23.4 Å². The SMILES string of the molecule is Cc1cc(OCC(=O)O)ccc1SCC=C(c1ccccc1)c1ccccc1Br. The van der Waals surface area contributed by atoms with Gasteiger partial charge in [0, 0.05) is 15.1 Å². The molecule has 0 aromatic heterocycles. The quantitative estimate of drug-likeness (QED) is 0.386. The molecule has 0 spiro atoms. The van der Waals surface area contributed by atoms with Gasteiger partial charge in [-0.2, -0.15) is 0 Å². The molecule has 0 fully saturated rings. The van der Waals surface area contributed by atoms with Crippen LogP contribution in [0.3, 0.4) is 0 Å². The van der Waals surface area contributed by atoms with Gasteiger partial charge in [0.05, 0.1) is 0 Å². The van der Waals surface area contributed by atoms with Crippen molar-refractivity contribution in [3.05, 3.63) is 100 Å². The number of aryl methyl sites for hydroxylation is 1. The summed E-state index contributed by atoms with van der Waals surface area (Å²) in [6.45, 7) is 1.67. The van der Waals surface area contributed by atoms with E-state index in [4.69, 9.17) is 9.84 Å². The van der Waals surface area contributed by atoms with E-state index in [0.717, 1.165) is 26.2 Å². The lowest BCUT2D eigenvalue weighted by Gasteiger charge is -2.12. The first-order valence-corrected chi connectivity index (χ1v) is 10.9. The van der Waals surface area contributed by atoms with Crippen molar-refractivity contribution in [2.75, 3.05) is 12.4 Å². The third-order valence-electron chi connectivity index (χ3n) is 4.28. The minimum atomic E-state index is -0.980. The zero-order valence-electron chi connectivity index (χ0n) is 16.0. The van der Waals surface area contributed by atoms with E-state index in [1.165, 1.54) is 11.1 Å². The second kappa shape index (κ2) is 10.3. The van der Waals surface area contributed by atoms with Crippen LogP contribution in [0, 0.1) is 6.92 Å². The van der Waals surface area contributed by atoms with Gasteiger partial charge >= 0.3 is 5.97 Å². The summed E-state index contributed by atoms with van der Waals surface area (Å²) in [6.07, 6.45) is 2.24. The Morgan fingerprint density at radius 1 is 1.07 bits per heavy atom. The molecule has 0 aliphatic heterocycles. The first-order chi connectivity index (χ1) is 14.0. The summed E-state index contributed by atoms with van der Waals surface area (Å²) in [5.41, 5.74) is 4.58. The van der Waals surface area contributed by atoms with Crippen molar-refractivity contribution in [2.24, 2.45) is 0 Å². The normalized spacial score (nSPS) is 11.3. The van der Waals surface area contributed by atoms with Gasteiger partial charge in [-0.1, -0.05) is 70.5 Å². The maximum Gasteiger partial charge on any atom is 0.341 e. The van der Waals surface area contributed by atoms with Crippen LogP contribution in [0.25, 0.3) is 5.57 Å². The minimum Gasteiger partial charge on any atom is -0.482 e. The van der Waals surface area contributed by atoms with E-state index in [1.54, 1.807) is 11.8 Å². The van der Waals surface area contributed by atoms with Crippen LogP contribution in [0.1, 0.15) is 16.7 Å². The van der Waals surface area contributed by atoms with Crippen LogP contribution in [0.2, 0.25) is 0 Å². The van der Waals surface area contributed by atoms with E-state index in [0.29, 0.717) is 5.75 Å². The smallest absolute Gasteiger partial charge is 0.341 e. The van der Waals surface area contributed by atoms with Crippen molar-refractivity contribution in [3.8, 4) is 5.75 Å². The van der Waals surface area contributed by atoms with Crippen molar-refractivity contribution >= 4 is 39.2 Å². The molecule has 148 valence electrons. The number of benzene rings is 3. The molecule has 0 saturated carbocycles. The lowest BCUT2D eigenvalue weighted by Crippen LogP contribution is -2.09. The summed E-state index contributed by atoms with van der Waals surface area (Å²) >= 11 is 5.41. The fraction of sp³-hybridized carbons (Fsp3) is 0.125. The Kier molecular flexibility index (Phi) is 7.55. The molecule has 3 aromatic rings. The number of thioether (sulfide) groups is 1. The molecule has 5 heteroatoms. The molecule has 0 aliphatic rings. The van der Waals surface area contributed by atoms with Gasteiger partial charge in [0.25, 0.3) is 0 Å². The molecule has 3 aromatic carbocycles. The first kappa shape index (κ1) is 21.2. The Balaban J connectivity index is 1.78. The predicted molar refractivity (Wildman–Crippen MR) is 123 cm³/mol. The van der Waals surface area contributed by atoms with E-state index in [2.05, 4.69) is 46.3 Å². The molecule has 0 amide bonds. The van der Waals surface area contributed by atoms with Gasteiger partial charge < -0.3 is 9.84 Å². The van der Waals surface area contributed by atoms with Crippen molar-refractivity contribution in [3.63, 3.8) is 0 Å². The third-order valence-corrected chi connectivity index (χ3v) is 6.08. The number of carbonyl (C=O) groups is 1. The monoisotopic (exact) mass is 468 g/mol. The maximum atomic E-state index is 10.6. The highest BCUT2D eigenvalue weighted by Gasteiger charge is 2.09. The molecule has 0 heterocycles. The first-order valence-electron chi connectivity index (χ1n) is 9.13. The van der Waals surface area contributed by atoms with E-state index in [-0.39, 0.29) is 6.61 Å². The van der Waals surface area contributed by atoms with Crippen LogP contribution < -0.4 is 4.74 Å². The third kappa shape index (κ3) is 5.99. The predicted octanol–water partition coefficient (Wildman–Crippen LogP) is 6.44. The number of hydrogen-bond donors (Lipinski definition) is 1. The zero-order valence-corrected chi connectivity index (χ0v) is 18.4. The highest BCUT2D eigenvalue weighted by Crippen LogP contribution is 2.32. The lowest BCUT2D eigenvalue weighted by molar-refractivity contribution is -0.139. The average molecular weight is 469 g/mol. The largest absolute Gasteiger partial charge is 0.482 e. The number of hydrogen-bond acceptors (Lipinski definition) is 3. The number of halogens is 1. The second-order valence-corrected chi connectivity index (χ2v) is 8.30. The molecule has 0 unspecified atom stereocenters. The number of rotatable bonds is 8. The molecule has 0 radical (unpaired) electrons. The summed E-state index contributed by atoms with van der Waals surface area (Å²) in [6, 6.07) is 24.3. The summed E-state index contributed by atoms with van der Waals surface area (Å²) in [5, 5.41) is 8.74. The van der Waals surface area contributed by atoms with Gasteiger partial charge in [-0.05, 0) is 53.5 Å². The fourth-order valence-corrected chi connectivity index (χ4v) is 4.29. The molecule has 0 bridgehead atoms. The Labute approximate surface area is 183 Å². The standard InChI is InChI=1S/C24H21BrO3S/c1-17-15-19(28-16-24(26)27)11-12-23(17)29-14-13-20(18-7-3-2-4-8-18)21-9-5-6-10-22(21)25/h2-13,15H,14,16H2,1H3,(H,26,27). The Bertz CT molecular complexity index is 1020. The van der Waals surface area contributed by atoms with Crippen LogP contribution in [-0.2, 0) is 4.79 Å². The maximum absolute atomic E-state index is 10.6. The number of carboxylic acids is 1. The summed E-state index contributed by atoms with van der Waals surface area (Å²) < 4.78 is 6.31. The van der Waals surface area contributed by atoms with Gasteiger partial charge in [0.2, 0.25) is 0 Å². The van der Waals surface area contributed by atoms with Crippen molar-refractivity contribution < 1.29 is 14.6 Å². The van der Waals surface area contributed by atoms with Crippen molar-refractivity contribution in [1.29, 1.82) is 0 Å². The van der Waals surface area contributed by atoms with Gasteiger partial charge in [0.1, 0.15) is 5.75 Å². The van der Waals surface area contributed by atoms with Crippen LogP contribution >= 0.6 is 27.7 Å². The lowest BCUT2D eigenvalue weighted by atomic mass is 9.98. The zero-order chi connectivity index (χ0) is 20.6. The highest BCUT2D eigenvalue weighted by atomic mass is 79.9. The summed E-state index contributed by atoms with van der Waals surface area (Å²) in [7, 11) is 0. The minimum absolute atomic E-state index is 0.332. The van der Waals surface area contributed by atoms with Gasteiger partial charge in [0.15, 0.2) is 6.61 Å². The van der Waals surface area contributed by atoms with E-state index in [1.807, 2.05) is 55.5 Å². The molecule has 1 N–H and O–H groups in total. The Morgan fingerprint density at radius 3 is 2.48 bits per heavy atom. The molecule has 29 heavy (non-hydrogen) atoms. The van der Waals surface area contributed by atoms with E-state index in [9.17, 15) is 4.79 Å². The Morgan fingerprint density at radius 2 is 1.79 bits per heavy atom. The van der Waals surface area contributed by atoms with E-state index < -0.39 is 5.97 Å². The molecule has 3 nitrogen and oxygen atoms in total. The summed E-state index contributed by atoms with van der Waals surface area (Å²) in [4.78, 5) is 11.8. The summed E-state index contributed by atoms with van der Waals surface area (Å²) in [5.74, 6) is 0.400. The van der Waals surface area contributed by atoms with Gasteiger partial charge in [-0.25, -0.2) is 4.79 Å². The van der Waals surface area contributed by atoms with Gasteiger partial charge in [-0.15, -0.1) is 11.8 Å². The molecular formula is C24H21BrO3S. The van der Waals surface area contributed by atoms with Crippen LogP contribution in [0.5, 0.6) is 5.75 Å². The van der Waals surface area contributed by atoms with Crippen LogP contribution in [0.15, 0.2) is 88.2 Å². The van der Waals surface area contributed by atoms with Crippen LogP contribution in [0.4, 0.5) is 0 Å². The van der Waals surface area contributed by atoms with Gasteiger partial charge in [-0.3, -0.25) is 0 Å². The molecule has 0 aliphatic carbocycles. The van der Waals surface area contributed by atoms with Crippen molar-refractivity contribution in [2.45, 2.75) is 11.8 Å². The Hall–Kier alpha value is -2.50. The fourth-order valence-electron chi connectivity index (χ4n) is 2.91. The number of carboxylic acid groups (broad SMARTS) is 1. The van der Waals surface area contributed by atoms with E-state index >= 15 is 0 Å². The number of aliphatic carboxylic acids is 1. The number of ether oxygens (including phenoxy) is 1. The molecular weight excluding hydrogens is 448 g/mol. The highest BCUT2D eigenvalue weighted by molar-refractivity contribution is 9.10. The average Bonchev–Trinajstić information content (AvgIpc) is 2.72. The molecule has 0 atom stereocenters. The van der Waals surface area contributed by atoms with Crippen molar-refractivity contribution in [1.82, 2.24) is 0 Å². The molecule has 0 saturated heterocycles. The second-order valence-electron chi connectivity index (χ2n) is 6.38. The molecule has 3 rings (SSSR count). The topological polar surface area (TPSA) is 46.5 Å².